The average molecular weight is 430 g/mol. The van der Waals surface area contributed by atoms with Gasteiger partial charge in [0.1, 0.15) is 0 Å². The van der Waals surface area contributed by atoms with Crippen LogP contribution in [0.3, 0.4) is 0 Å². The Hall–Kier alpha value is -3.68. The molecule has 2 aliphatic rings. The van der Waals surface area contributed by atoms with Crippen LogP contribution >= 0.6 is 0 Å². The lowest BCUT2D eigenvalue weighted by Gasteiger charge is -2.41. The first-order valence-corrected chi connectivity index (χ1v) is 10.9. The molecule has 164 valence electrons. The maximum atomic E-state index is 12.5. The molecule has 0 spiro atoms. The van der Waals surface area contributed by atoms with Crippen LogP contribution in [0.25, 0.3) is 16.5 Å². The second-order valence-corrected chi connectivity index (χ2v) is 8.52. The number of carbonyl (C=O) groups excluding carboxylic acids is 1. The second-order valence-electron chi connectivity index (χ2n) is 8.52. The molecule has 1 aliphatic carbocycles. The minimum atomic E-state index is -0.00862. The van der Waals surface area contributed by atoms with Gasteiger partial charge in [-0.1, -0.05) is 6.07 Å². The predicted octanol–water partition coefficient (Wildman–Crippen LogP) is 3.39. The van der Waals surface area contributed by atoms with E-state index in [4.69, 9.17) is 10.8 Å². The summed E-state index contributed by atoms with van der Waals surface area (Å²) in [5.74, 6) is 0.870. The zero-order valence-electron chi connectivity index (χ0n) is 18.6. The number of carbonyl (C=O) groups is 1. The lowest BCUT2D eigenvalue weighted by atomic mass is 10.0. The van der Waals surface area contributed by atoms with Crippen molar-refractivity contribution >= 4 is 45.8 Å². The number of aliphatic imine (C=N–C) groups is 1. The Morgan fingerprint density at radius 3 is 2.78 bits per heavy atom. The summed E-state index contributed by atoms with van der Waals surface area (Å²) < 4.78 is 1.84. The van der Waals surface area contributed by atoms with Gasteiger partial charge in [-0.3, -0.25) is 19.5 Å². The Morgan fingerprint density at radius 1 is 1.25 bits per heavy atom. The summed E-state index contributed by atoms with van der Waals surface area (Å²) in [6.45, 7) is 4.30. The molecule has 1 aromatic carbocycles. The monoisotopic (exact) mass is 429 g/mol. The standard InChI is InChI=1S/C24H27N7O/c1-15-14-30(24-20-8-9-26-13-23(20)29(3)28-24)22-10-17(4-7-21(22)31(15)16(2)32)18(11-25)12-27-19-5-6-19/h4,7-13,15,19H,5-6,14,25H2,1-3H3/b18-11+,27-12?/t15-/m0/s1. The third kappa shape index (κ3) is 3.41. The molecule has 2 aromatic heterocycles. The lowest BCUT2D eigenvalue weighted by Crippen LogP contribution is -2.48. The highest BCUT2D eigenvalue weighted by Gasteiger charge is 2.33. The van der Waals surface area contributed by atoms with Crippen LogP contribution in [0.15, 0.2) is 47.9 Å². The number of hydrogen-bond acceptors (Lipinski definition) is 6. The number of nitrogens with zero attached hydrogens (tertiary/aromatic N) is 6. The summed E-state index contributed by atoms with van der Waals surface area (Å²) in [6, 6.07) is 8.47. The van der Waals surface area contributed by atoms with Gasteiger partial charge in [-0.15, -0.1) is 0 Å². The molecule has 1 aliphatic heterocycles. The van der Waals surface area contributed by atoms with E-state index in [0.29, 0.717) is 12.6 Å². The minimum absolute atomic E-state index is 0.00862. The molecule has 2 N–H and O–H groups in total. The molecule has 8 heteroatoms. The summed E-state index contributed by atoms with van der Waals surface area (Å²) in [7, 11) is 1.92. The van der Waals surface area contributed by atoms with Gasteiger partial charge in [-0.05, 0) is 43.5 Å². The molecule has 1 amide bonds. The maximum Gasteiger partial charge on any atom is 0.224 e. The highest BCUT2D eigenvalue weighted by molar-refractivity contribution is 6.11. The number of aryl methyl sites for hydroxylation is 1. The van der Waals surface area contributed by atoms with Crippen molar-refractivity contribution < 1.29 is 4.79 Å². The Bertz CT molecular complexity index is 1250. The molecule has 1 saturated carbocycles. The van der Waals surface area contributed by atoms with Crippen molar-refractivity contribution in [3.63, 3.8) is 0 Å². The van der Waals surface area contributed by atoms with Crippen LogP contribution in [0.4, 0.5) is 17.2 Å². The first-order chi connectivity index (χ1) is 15.5. The quantitative estimate of drug-likeness (QED) is 0.642. The van der Waals surface area contributed by atoms with Gasteiger partial charge in [0.2, 0.25) is 5.91 Å². The lowest BCUT2D eigenvalue weighted by molar-refractivity contribution is -0.117. The number of fused-ring (bicyclic) bond motifs is 2. The molecule has 5 rings (SSSR count). The van der Waals surface area contributed by atoms with E-state index < -0.39 is 0 Å². The molecule has 0 bridgehead atoms. The molecule has 1 atom stereocenters. The van der Waals surface area contributed by atoms with Crippen molar-refractivity contribution in [2.75, 3.05) is 16.3 Å². The van der Waals surface area contributed by atoms with Gasteiger partial charge in [0, 0.05) is 50.1 Å². The van der Waals surface area contributed by atoms with Gasteiger partial charge in [0.15, 0.2) is 5.82 Å². The topological polar surface area (TPSA) is 92.6 Å². The second kappa shape index (κ2) is 7.78. The van der Waals surface area contributed by atoms with Crippen LogP contribution in [0.1, 0.15) is 32.3 Å². The Balaban J connectivity index is 1.66. The molecule has 1 fully saturated rings. The van der Waals surface area contributed by atoms with Crippen LogP contribution in [0, 0.1) is 0 Å². The maximum absolute atomic E-state index is 12.5. The number of aromatic nitrogens is 3. The number of hydrogen-bond donors (Lipinski definition) is 1. The fourth-order valence-electron chi connectivity index (χ4n) is 4.39. The first kappa shape index (κ1) is 20.2. The van der Waals surface area contributed by atoms with E-state index in [1.165, 1.54) is 0 Å². The number of amides is 1. The van der Waals surface area contributed by atoms with Crippen molar-refractivity contribution in [3.8, 4) is 0 Å². The summed E-state index contributed by atoms with van der Waals surface area (Å²) in [5, 5.41) is 5.83. The SMILES string of the molecule is CC(=O)N1c2ccc(/C(C=NC3CC3)=C/N)cc2N(c2nn(C)c3cnccc23)C[C@@H]1C. The van der Waals surface area contributed by atoms with E-state index in [2.05, 4.69) is 27.9 Å². The number of rotatable bonds is 4. The zero-order chi connectivity index (χ0) is 22.4. The van der Waals surface area contributed by atoms with Gasteiger partial charge in [-0.2, -0.15) is 5.10 Å². The summed E-state index contributed by atoms with van der Waals surface area (Å²) in [6.07, 6.45) is 9.33. The summed E-state index contributed by atoms with van der Waals surface area (Å²) >= 11 is 0. The molecular weight excluding hydrogens is 402 g/mol. The van der Waals surface area contributed by atoms with Crippen molar-refractivity contribution in [3.05, 3.63) is 48.4 Å². The van der Waals surface area contributed by atoms with E-state index in [1.54, 1.807) is 19.3 Å². The number of pyridine rings is 1. The van der Waals surface area contributed by atoms with Crippen LogP contribution < -0.4 is 15.5 Å². The molecular formula is C24H27N7O. The fraction of sp³-hybridized carbons (Fsp3) is 0.333. The number of nitrogens with two attached hydrogens (primary N) is 1. The third-order valence-corrected chi connectivity index (χ3v) is 6.13. The van der Waals surface area contributed by atoms with Crippen LogP contribution in [0.2, 0.25) is 0 Å². The summed E-state index contributed by atoms with van der Waals surface area (Å²) in [4.78, 5) is 25.4. The van der Waals surface area contributed by atoms with E-state index in [-0.39, 0.29) is 11.9 Å². The van der Waals surface area contributed by atoms with E-state index in [9.17, 15) is 4.79 Å². The highest BCUT2D eigenvalue weighted by atomic mass is 16.2. The minimum Gasteiger partial charge on any atom is -0.404 e. The Morgan fingerprint density at radius 2 is 2.06 bits per heavy atom. The molecule has 0 unspecified atom stereocenters. The third-order valence-electron chi connectivity index (χ3n) is 6.13. The molecule has 3 aromatic rings. The van der Waals surface area contributed by atoms with Gasteiger partial charge >= 0.3 is 0 Å². The Labute approximate surface area is 187 Å². The van der Waals surface area contributed by atoms with Gasteiger partial charge in [0.05, 0.1) is 35.2 Å². The van der Waals surface area contributed by atoms with Gasteiger partial charge < -0.3 is 15.5 Å². The van der Waals surface area contributed by atoms with E-state index in [0.717, 1.165) is 52.1 Å². The summed E-state index contributed by atoms with van der Waals surface area (Å²) in [5.41, 5.74) is 10.5. The fourth-order valence-corrected chi connectivity index (χ4v) is 4.39. The highest BCUT2D eigenvalue weighted by Crippen LogP contribution is 2.42. The van der Waals surface area contributed by atoms with Gasteiger partial charge in [-0.25, -0.2) is 0 Å². The largest absolute Gasteiger partial charge is 0.404 e. The van der Waals surface area contributed by atoms with Crippen molar-refractivity contribution in [1.29, 1.82) is 0 Å². The molecule has 3 heterocycles. The smallest absolute Gasteiger partial charge is 0.224 e. The Kier molecular flexibility index (Phi) is 4.92. The van der Waals surface area contributed by atoms with Crippen LogP contribution in [0.5, 0.6) is 0 Å². The van der Waals surface area contributed by atoms with Crippen LogP contribution in [-0.2, 0) is 11.8 Å². The molecule has 8 nitrogen and oxygen atoms in total. The van der Waals surface area contributed by atoms with Crippen molar-refractivity contribution in [2.45, 2.75) is 38.8 Å². The molecule has 0 saturated heterocycles. The van der Waals surface area contributed by atoms with Gasteiger partial charge in [0.25, 0.3) is 0 Å². The first-order valence-electron chi connectivity index (χ1n) is 10.9. The van der Waals surface area contributed by atoms with Crippen molar-refractivity contribution in [1.82, 2.24) is 14.8 Å². The number of benzene rings is 1. The van der Waals surface area contributed by atoms with Crippen molar-refractivity contribution in [2.24, 2.45) is 17.8 Å². The molecule has 0 radical (unpaired) electrons. The number of allylic oxidation sites excluding steroid dienone is 1. The van der Waals surface area contributed by atoms with E-state index >= 15 is 0 Å². The average Bonchev–Trinajstić information content (AvgIpc) is 3.55. The van der Waals surface area contributed by atoms with E-state index in [1.807, 2.05) is 47.2 Å². The number of anilines is 3. The predicted molar refractivity (Wildman–Crippen MR) is 128 cm³/mol. The molecule has 32 heavy (non-hydrogen) atoms. The zero-order valence-corrected chi connectivity index (χ0v) is 18.6. The normalized spacial score (nSPS) is 19.1. The van der Waals surface area contributed by atoms with Crippen LogP contribution in [-0.4, -0.2) is 45.5 Å².